The van der Waals surface area contributed by atoms with Crippen LogP contribution in [0.15, 0.2) is 15.6 Å². The van der Waals surface area contributed by atoms with Crippen LogP contribution in [0.4, 0.5) is 0 Å². The molecule has 0 bridgehead atoms. The van der Waals surface area contributed by atoms with Crippen molar-refractivity contribution in [3.63, 3.8) is 0 Å². The molecule has 5 heteroatoms. The first-order valence-corrected chi connectivity index (χ1v) is 4.49. The maximum atomic E-state index is 10.8. The summed E-state index contributed by atoms with van der Waals surface area (Å²) in [7, 11) is 1.46. The summed E-state index contributed by atoms with van der Waals surface area (Å²) >= 11 is 3.26. The van der Waals surface area contributed by atoms with Gasteiger partial charge in [0.1, 0.15) is 5.60 Å². The van der Waals surface area contributed by atoms with E-state index in [1.165, 1.54) is 13.3 Å². The number of dihydropyridines is 1. The van der Waals surface area contributed by atoms with Gasteiger partial charge in [0.05, 0.1) is 0 Å². The highest BCUT2D eigenvalue weighted by atomic mass is 79.9. The van der Waals surface area contributed by atoms with E-state index in [0.29, 0.717) is 4.48 Å². The summed E-state index contributed by atoms with van der Waals surface area (Å²) in [5, 5.41) is 8.88. The Morgan fingerprint density at radius 3 is 2.85 bits per heavy atom. The summed E-state index contributed by atoms with van der Waals surface area (Å²) in [6.07, 6.45) is 3.15. The number of carboxylic acid groups (broad SMARTS) is 1. The summed E-state index contributed by atoms with van der Waals surface area (Å²) in [5.74, 6) is -0.995. The number of allylic oxidation sites excluding steroid dienone is 1. The number of aliphatic imine (C=N–C) groups is 1. The highest BCUT2D eigenvalue weighted by Gasteiger charge is 2.43. The Morgan fingerprint density at radius 2 is 2.46 bits per heavy atom. The fourth-order valence-electron chi connectivity index (χ4n) is 1.14. The monoisotopic (exact) mass is 247 g/mol. The van der Waals surface area contributed by atoms with Gasteiger partial charge in [0.15, 0.2) is 6.04 Å². The van der Waals surface area contributed by atoms with Gasteiger partial charge in [0.2, 0.25) is 0 Å². The lowest BCUT2D eigenvalue weighted by Crippen LogP contribution is -2.46. The van der Waals surface area contributed by atoms with Crippen LogP contribution >= 0.6 is 15.9 Å². The van der Waals surface area contributed by atoms with Gasteiger partial charge in [-0.25, -0.2) is 4.79 Å². The number of ether oxygens (including phenoxy) is 1. The molecule has 2 atom stereocenters. The molecule has 4 nitrogen and oxygen atoms in total. The minimum absolute atomic E-state index is 0.685. The highest BCUT2D eigenvalue weighted by Crippen LogP contribution is 2.33. The van der Waals surface area contributed by atoms with Crippen molar-refractivity contribution in [2.45, 2.75) is 18.6 Å². The predicted octanol–water partition coefficient (Wildman–Crippen LogP) is 1.21. The number of methoxy groups -OCH3 is 1. The molecular formula is C8H10BrNO3. The molecule has 0 radical (unpaired) electrons. The third-order valence-electron chi connectivity index (χ3n) is 2.11. The molecule has 1 aliphatic rings. The number of carbonyl (C=O) groups is 1. The van der Waals surface area contributed by atoms with Crippen LogP contribution < -0.4 is 0 Å². The molecule has 0 fully saturated rings. The lowest BCUT2D eigenvalue weighted by atomic mass is 9.94. The Bertz CT molecular complexity index is 287. The molecule has 0 spiro atoms. The van der Waals surface area contributed by atoms with Crippen molar-refractivity contribution in [1.29, 1.82) is 0 Å². The van der Waals surface area contributed by atoms with Crippen LogP contribution in [-0.2, 0) is 9.53 Å². The molecule has 0 aromatic carbocycles. The zero-order valence-corrected chi connectivity index (χ0v) is 8.91. The second-order valence-electron chi connectivity index (χ2n) is 2.86. The Morgan fingerprint density at radius 1 is 1.85 bits per heavy atom. The zero-order chi connectivity index (χ0) is 10.1. The molecule has 1 heterocycles. The van der Waals surface area contributed by atoms with E-state index < -0.39 is 17.6 Å². The molecule has 2 unspecified atom stereocenters. The minimum atomic E-state index is -0.995. The van der Waals surface area contributed by atoms with E-state index in [2.05, 4.69) is 20.9 Å². The van der Waals surface area contributed by atoms with Gasteiger partial charge in [-0.3, -0.25) is 4.99 Å². The van der Waals surface area contributed by atoms with Gasteiger partial charge in [-0.15, -0.1) is 0 Å². The second kappa shape index (κ2) is 3.59. The van der Waals surface area contributed by atoms with Crippen LogP contribution in [0.3, 0.4) is 0 Å². The third-order valence-corrected chi connectivity index (χ3v) is 3.16. The smallest absolute Gasteiger partial charge is 0.331 e. The van der Waals surface area contributed by atoms with Crippen molar-refractivity contribution in [3.05, 3.63) is 10.6 Å². The Kier molecular flexibility index (Phi) is 2.87. The topological polar surface area (TPSA) is 58.9 Å². The minimum Gasteiger partial charge on any atom is -0.480 e. The van der Waals surface area contributed by atoms with Gasteiger partial charge in [-0.1, -0.05) is 15.9 Å². The molecule has 1 aliphatic heterocycles. The van der Waals surface area contributed by atoms with E-state index >= 15 is 0 Å². The molecular weight excluding hydrogens is 238 g/mol. The summed E-state index contributed by atoms with van der Waals surface area (Å²) in [4.78, 5) is 14.7. The average molecular weight is 248 g/mol. The summed E-state index contributed by atoms with van der Waals surface area (Å²) < 4.78 is 5.84. The van der Waals surface area contributed by atoms with E-state index in [1.807, 2.05) is 0 Å². The highest BCUT2D eigenvalue weighted by molar-refractivity contribution is 9.11. The Balaban J connectivity index is 3.06. The average Bonchev–Trinajstić information content (AvgIpc) is 2.09. The standard InChI is InChI=1S/C8H10BrNO3/c1-8(13-2)5(9)3-4-10-6(8)7(11)12/h3-4,6H,1-2H3,(H,11,12). The van der Waals surface area contributed by atoms with E-state index in [9.17, 15) is 4.79 Å². The van der Waals surface area contributed by atoms with Gasteiger partial charge in [0.25, 0.3) is 0 Å². The summed E-state index contributed by atoms with van der Waals surface area (Å²) in [6, 6.07) is -0.892. The number of carboxylic acids is 1. The van der Waals surface area contributed by atoms with Crippen LogP contribution in [0.25, 0.3) is 0 Å². The number of rotatable bonds is 2. The van der Waals surface area contributed by atoms with E-state index in [4.69, 9.17) is 9.84 Å². The SMILES string of the molecule is COC1(C)C(Br)=CC=NC1C(=O)O. The second-order valence-corrected chi connectivity index (χ2v) is 3.72. The molecule has 1 rings (SSSR count). The van der Waals surface area contributed by atoms with Gasteiger partial charge in [-0.2, -0.15) is 0 Å². The molecule has 72 valence electrons. The van der Waals surface area contributed by atoms with Crippen molar-refractivity contribution < 1.29 is 14.6 Å². The molecule has 0 aliphatic carbocycles. The van der Waals surface area contributed by atoms with Crippen LogP contribution in [0.5, 0.6) is 0 Å². The molecule has 0 saturated carbocycles. The normalized spacial score (nSPS) is 32.8. The van der Waals surface area contributed by atoms with Gasteiger partial charge in [0, 0.05) is 17.8 Å². The number of halogens is 1. The molecule has 13 heavy (non-hydrogen) atoms. The molecule has 0 aromatic rings. The first-order chi connectivity index (χ1) is 6.02. The number of aliphatic carboxylic acids is 1. The third kappa shape index (κ3) is 1.66. The van der Waals surface area contributed by atoms with Crippen LogP contribution in [0, 0.1) is 0 Å². The lowest BCUT2D eigenvalue weighted by Gasteiger charge is -2.33. The number of hydrogen-bond donors (Lipinski definition) is 1. The maximum Gasteiger partial charge on any atom is 0.331 e. The first kappa shape index (κ1) is 10.4. The zero-order valence-electron chi connectivity index (χ0n) is 7.32. The quantitative estimate of drug-likeness (QED) is 0.798. The molecule has 1 N–H and O–H groups in total. The molecule has 0 amide bonds. The van der Waals surface area contributed by atoms with Crippen molar-refractivity contribution in [2.75, 3.05) is 7.11 Å². The predicted molar refractivity (Wildman–Crippen MR) is 52.3 cm³/mol. The van der Waals surface area contributed by atoms with Gasteiger partial charge >= 0.3 is 5.97 Å². The lowest BCUT2D eigenvalue weighted by molar-refractivity contribution is -0.144. The number of nitrogens with zero attached hydrogens (tertiary/aromatic N) is 1. The van der Waals surface area contributed by atoms with Crippen molar-refractivity contribution in [1.82, 2.24) is 0 Å². The van der Waals surface area contributed by atoms with Gasteiger partial charge < -0.3 is 9.84 Å². The van der Waals surface area contributed by atoms with E-state index in [-0.39, 0.29) is 0 Å². The van der Waals surface area contributed by atoms with Crippen LogP contribution in [0.2, 0.25) is 0 Å². The summed E-state index contributed by atoms with van der Waals surface area (Å²) in [6.45, 7) is 1.68. The Labute approximate surface area is 84.4 Å². The molecule has 0 aromatic heterocycles. The summed E-state index contributed by atoms with van der Waals surface area (Å²) in [5.41, 5.74) is -0.902. The van der Waals surface area contributed by atoms with Crippen LogP contribution in [0.1, 0.15) is 6.92 Å². The van der Waals surface area contributed by atoms with Crippen LogP contribution in [-0.4, -0.2) is 36.0 Å². The Hall–Kier alpha value is -0.680. The number of hydrogen-bond acceptors (Lipinski definition) is 3. The largest absolute Gasteiger partial charge is 0.480 e. The van der Waals surface area contributed by atoms with Gasteiger partial charge in [-0.05, 0) is 13.0 Å². The first-order valence-electron chi connectivity index (χ1n) is 3.69. The maximum absolute atomic E-state index is 10.8. The van der Waals surface area contributed by atoms with Crippen molar-refractivity contribution in [3.8, 4) is 0 Å². The molecule has 0 saturated heterocycles. The van der Waals surface area contributed by atoms with E-state index in [1.54, 1.807) is 13.0 Å². The van der Waals surface area contributed by atoms with Crippen molar-refractivity contribution in [2.24, 2.45) is 4.99 Å². The van der Waals surface area contributed by atoms with E-state index in [0.717, 1.165) is 0 Å². The fraction of sp³-hybridized carbons (Fsp3) is 0.500. The fourth-order valence-corrected chi connectivity index (χ4v) is 1.64. The van der Waals surface area contributed by atoms with Crippen molar-refractivity contribution >= 4 is 28.1 Å².